The normalized spacial score (nSPS) is 10.3. The monoisotopic (exact) mass is 395 g/mol. The maximum absolute atomic E-state index is 12.2. The van der Waals surface area contributed by atoms with Gasteiger partial charge in [0.25, 0.3) is 11.8 Å². The van der Waals surface area contributed by atoms with Crippen molar-refractivity contribution >= 4 is 23.2 Å². The number of carbonyl (C=O) groups is 2. The van der Waals surface area contributed by atoms with Crippen LogP contribution in [0.5, 0.6) is 5.75 Å². The summed E-state index contributed by atoms with van der Waals surface area (Å²) in [6, 6.07) is 16.7. The van der Waals surface area contributed by atoms with E-state index >= 15 is 0 Å². The molecule has 0 atom stereocenters. The molecule has 3 aromatic rings. The van der Waals surface area contributed by atoms with Crippen molar-refractivity contribution in [2.24, 2.45) is 0 Å². The number of amides is 2. The number of carbonyl (C=O) groups excluding carboxylic acids is 2. The first-order chi connectivity index (χ1) is 13.6. The van der Waals surface area contributed by atoms with Gasteiger partial charge in [0.2, 0.25) is 0 Å². The summed E-state index contributed by atoms with van der Waals surface area (Å²) in [5.41, 5.74) is 2.11. The molecule has 0 spiro atoms. The summed E-state index contributed by atoms with van der Waals surface area (Å²) in [5.74, 6) is 0.326. The van der Waals surface area contributed by atoms with Crippen LogP contribution in [0.25, 0.3) is 0 Å². The van der Waals surface area contributed by atoms with E-state index in [0.29, 0.717) is 31.0 Å². The van der Waals surface area contributed by atoms with Gasteiger partial charge in [-0.15, -0.1) is 11.3 Å². The molecular weight excluding hydrogens is 374 g/mol. The van der Waals surface area contributed by atoms with Crippen LogP contribution in [0, 0.1) is 6.92 Å². The van der Waals surface area contributed by atoms with Crippen molar-refractivity contribution in [1.29, 1.82) is 0 Å². The van der Waals surface area contributed by atoms with Gasteiger partial charge in [0, 0.05) is 24.0 Å². The van der Waals surface area contributed by atoms with E-state index in [-0.39, 0.29) is 11.8 Å². The molecule has 2 N–H and O–H groups in total. The van der Waals surface area contributed by atoms with Gasteiger partial charge in [0.05, 0.1) is 0 Å². The first kappa shape index (κ1) is 19.6. The van der Waals surface area contributed by atoms with Crippen LogP contribution in [-0.2, 0) is 6.61 Å². The van der Waals surface area contributed by atoms with Crippen molar-refractivity contribution in [2.75, 3.05) is 13.1 Å². The second kappa shape index (κ2) is 9.66. The Morgan fingerprint density at radius 3 is 2.36 bits per heavy atom. The third kappa shape index (κ3) is 5.65. The molecule has 6 nitrogen and oxygen atoms in total. The number of hydrogen-bond acceptors (Lipinski definition) is 5. The second-order valence-electron chi connectivity index (χ2n) is 6.11. The van der Waals surface area contributed by atoms with E-state index in [0.717, 1.165) is 10.8 Å². The molecule has 0 radical (unpaired) electrons. The molecule has 0 aliphatic carbocycles. The van der Waals surface area contributed by atoms with E-state index in [2.05, 4.69) is 15.6 Å². The third-order valence-electron chi connectivity index (χ3n) is 3.90. The maximum Gasteiger partial charge on any atom is 0.270 e. The highest BCUT2D eigenvalue weighted by Crippen LogP contribution is 2.16. The largest absolute Gasteiger partial charge is 0.486 e. The minimum Gasteiger partial charge on any atom is -0.486 e. The van der Waals surface area contributed by atoms with Crippen molar-refractivity contribution in [2.45, 2.75) is 13.5 Å². The standard InChI is InChI=1S/C21H21N3O3S/c1-15-7-9-17(10-8-15)27-13-19-24-18(14-28-19)21(26)23-12-11-22-20(25)16-5-3-2-4-6-16/h2-10,14H,11-13H2,1H3,(H,22,25)(H,23,26). The van der Waals surface area contributed by atoms with Crippen molar-refractivity contribution in [1.82, 2.24) is 15.6 Å². The number of benzene rings is 2. The highest BCUT2D eigenvalue weighted by molar-refractivity contribution is 7.09. The van der Waals surface area contributed by atoms with E-state index in [1.54, 1.807) is 29.6 Å². The summed E-state index contributed by atoms with van der Waals surface area (Å²) in [6.45, 7) is 2.99. The number of nitrogens with one attached hydrogen (secondary N) is 2. The fourth-order valence-electron chi connectivity index (χ4n) is 2.40. The Labute approximate surface area is 167 Å². The molecule has 0 aliphatic rings. The van der Waals surface area contributed by atoms with Crippen molar-refractivity contribution in [3.05, 3.63) is 81.8 Å². The van der Waals surface area contributed by atoms with Crippen molar-refractivity contribution in [3.8, 4) is 5.75 Å². The average Bonchev–Trinajstić information content (AvgIpc) is 3.20. The van der Waals surface area contributed by atoms with Gasteiger partial charge < -0.3 is 15.4 Å². The summed E-state index contributed by atoms with van der Waals surface area (Å²) < 4.78 is 5.68. The SMILES string of the molecule is Cc1ccc(OCc2nc(C(=O)NCCNC(=O)c3ccccc3)cs2)cc1. The lowest BCUT2D eigenvalue weighted by Gasteiger charge is -2.06. The Morgan fingerprint density at radius 1 is 0.964 bits per heavy atom. The van der Waals surface area contributed by atoms with Gasteiger partial charge in [0.15, 0.2) is 0 Å². The number of thiazole rings is 1. The highest BCUT2D eigenvalue weighted by atomic mass is 32.1. The van der Waals surface area contributed by atoms with E-state index in [4.69, 9.17) is 4.74 Å². The van der Waals surface area contributed by atoms with Crippen LogP contribution < -0.4 is 15.4 Å². The number of hydrogen-bond donors (Lipinski definition) is 2. The Hall–Kier alpha value is -3.19. The molecule has 2 aromatic carbocycles. The first-order valence-corrected chi connectivity index (χ1v) is 9.75. The van der Waals surface area contributed by atoms with Gasteiger partial charge in [-0.2, -0.15) is 0 Å². The molecule has 0 fully saturated rings. The Kier molecular flexibility index (Phi) is 6.75. The van der Waals surface area contributed by atoms with Crippen LogP contribution in [0.3, 0.4) is 0 Å². The first-order valence-electron chi connectivity index (χ1n) is 8.87. The van der Waals surface area contributed by atoms with Crippen LogP contribution in [0.1, 0.15) is 31.4 Å². The molecule has 3 rings (SSSR count). The van der Waals surface area contributed by atoms with Crippen LogP contribution in [0.2, 0.25) is 0 Å². The third-order valence-corrected chi connectivity index (χ3v) is 4.72. The summed E-state index contributed by atoms with van der Waals surface area (Å²) in [4.78, 5) is 28.4. The van der Waals surface area contributed by atoms with Crippen molar-refractivity contribution < 1.29 is 14.3 Å². The quantitative estimate of drug-likeness (QED) is 0.574. The lowest BCUT2D eigenvalue weighted by molar-refractivity contribution is 0.0925. The van der Waals surface area contributed by atoms with Gasteiger partial charge in [-0.1, -0.05) is 35.9 Å². The zero-order valence-corrected chi connectivity index (χ0v) is 16.3. The Morgan fingerprint density at radius 2 is 1.64 bits per heavy atom. The van der Waals surface area contributed by atoms with Gasteiger partial charge in [-0.3, -0.25) is 9.59 Å². The molecule has 2 amide bonds. The van der Waals surface area contributed by atoms with Crippen molar-refractivity contribution in [3.63, 3.8) is 0 Å². The predicted octanol–water partition coefficient (Wildman–Crippen LogP) is 3.19. The van der Waals surface area contributed by atoms with Gasteiger partial charge in [-0.05, 0) is 31.2 Å². The number of aryl methyl sites for hydroxylation is 1. The Balaban J connectivity index is 1.40. The van der Waals surface area contributed by atoms with E-state index in [1.807, 2.05) is 37.3 Å². The zero-order valence-electron chi connectivity index (χ0n) is 15.5. The molecule has 28 heavy (non-hydrogen) atoms. The van der Waals surface area contributed by atoms with Crippen LogP contribution in [-0.4, -0.2) is 29.9 Å². The summed E-state index contributed by atoms with van der Waals surface area (Å²) >= 11 is 1.37. The number of ether oxygens (including phenoxy) is 1. The number of nitrogens with zero attached hydrogens (tertiary/aromatic N) is 1. The minimum atomic E-state index is -0.271. The molecular formula is C21H21N3O3S. The van der Waals surface area contributed by atoms with E-state index in [9.17, 15) is 9.59 Å². The molecule has 0 bridgehead atoms. The highest BCUT2D eigenvalue weighted by Gasteiger charge is 2.11. The van der Waals surface area contributed by atoms with E-state index in [1.165, 1.54) is 16.9 Å². The van der Waals surface area contributed by atoms with Crippen LogP contribution >= 0.6 is 11.3 Å². The van der Waals surface area contributed by atoms with E-state index < -0.39 is 0 Å². The fraction of sp³-hybridized carbons (Fsp3) is 0.190. The maximum atomic E-state index is 12.2. The van der Waals surface area contributed by atoms with Gasteiger partial charge in [0.1, 0.15) is 23.1 Å². The molecule has 0 aliphatic heterocycles. The molecule has 7 heteroatoms. The molecule has 1 heterocycles. The summed E-state index contributed by atoms with van der Waals surface area (Å²) in [6.07, 6.45) is 0. The number of rotatable bonds is 8. The zero-order chi connectivity index (χ0) is 19.8. The fourth-order valence-corrected chi connectivity index (χ4v) is 3.08. The summed E-state index contributed by atoms with van der Waals surface area (Å²) in [5, 5.41) is 7.94. The molecule has 0 unspecified atom stereocenters. The Bertz CT molecular complexity index is 924. The molecule has 1 aromatic heterocycles. The van der Waals surface area contributed by atoms with Gasteiger partial charge in [-0.25, -0.2) is 4.98 Å². The number of aromatic nitrogens is 1. The molecule has 0 saturated heterocycles. The predicted molar refractivity (Wildman–Crippen MR) is 109 cm³/mol. The molecule has 0 saturated carbocycles. The smallest absolute Gasteiger partial charge is 0.270 e. The minimum absolute atomic E-state index is 0.168. The van der Waals surface area contributed by atoms with Crippen LogP contribution in [0.4, 0.5) is 0 Å². The average molecular weight is 395 g/mol. The lowest BCUT2D eigenvalue weighted by Crippen LogP contribution is -2.34. The van der Waals surface area contributed by atoms with Crippen LogP contribution in [0.15, 0.2) is 60.0 Å². The summed E-state index contributed by atoms with van der Waals surface area (Å²) in [7, 11) is 0. The molecule has 144 valence electrons. The van der Waals surface area contributed by atoms with Gasteiger partial charge >= 0.3 is 0 Å². The lowest BCUT2D eigenvalue weighted by atomic mass is 10.2. The second-order valence-corrected chi connectivity index (χ2v) is 7.05. The topological polar surface area (TPSA) is 80.3 Å².